The maximum absolute atomic E-state index is 10.2. The number of aromatic nitrogens is 1. The normalized spacial score (nSPS) is 12.3. The summed E-state index contributed by atoms with van der Waals surface area (Å²) in [5.41, 5.74) is 2.27. The lowest BCUT2D eigenvalue weighted by Crippen LogP contribution is -1.98. The third kappa shape index (κ3) is 2.41. The van der Waals surface area contributed by atoms with Crippen LogP contribution in [-0.4, -0.2) is 10.3 Å². The predicted molar refractivity (Wildman–Crippen MR) is 72.4 cm³/mol. The van der Waals surface area contributed by atoms with Crippen LogP contribution in [0.25, 0.3) is 11.3 Å². The number of benzene rings is 2. The van der Waals surface area contributed by atoms with Crippen molar-refractivity contribution in [3.8, 4) is 11.3 Å². The Labute approximate surface area is 111 Å². The molecule has 0 amide bonds. The molecular formula is C16H13NO2. The van der Waals surface area contributed by atoms with E-state index < -0.39 is 6.10 Å². The molecule has 94 valence electrons. The van der Waals surface area contributed by atoms with E-state index in [-0.39, 0.29) is 0 Å². The fourth-order valence-corrected chi connectivity index (χ4v) is 1.96. The molecule has 0 saturated carbocycles. The minimum atomic E-state index is -0.762. The van der Waals surface area contributed by atoms with Crippen LogP contribution in [0.3, 0.4) is 0 Å². The predicted octanol–water partition coefficient (Wildman–Crippen LogP) is 3.42. The van der Waals surface area contributed by atoms with E-state index in [4.69, 9.17) is 4.52 Å². The van der Waals surface area contributed by atoms with Crippen molar-refractivity contribution in [3.05, 3.63) is 78.0 Å². The maximum atomic E-state index is 10.2. The maximum Gasteiger partial charge on any atom is 0.167 e. The zero-order valence-corrected chi connectivity index (χ0v) is 10.2. The highest BCUT2D eigenvalue weighted by molar-refractivity contribution is 5.57. The van der Waals surface area contributed by atoms with E-state index in [1.54, 1.807) is 6.07 Å². The zero-order valence-electron chi connectivity index (χ0n) is 10.2. The van der Waals surface area contributed by atoms with Gasteiger partial charge in [0.2, 0.25) is 0 Å². The van der Waals surface area contributed by atoms with Crippen LogP contribution in [0.4, 0.5) is 0 Å². The Bertz CT molecular complexity index is 647. The lowest BCUT2D eigenvalue weighted by molar-refractivity contribution is 0.208. The van der Waals surface area contributed by atoms with Crippen LogP contribution in [0.2, 0.25) is 0 Å². The monoisotopic (exact) mass is 251 g/mol. The average molecular weight is 251 g/mol. The molecule has 3 aromatic rings. The molecule has 0 aliphatic rings. The summed E-state index contributed by atoms with van der Waals surface area (Å²) in [5, 5.41) is 14.2. The lowest BCUT2D eigenvalue weighted by atomic mass is 10.1. The number of rotatable bonds is 3. The van der Waals surface area contributed by atoms with Crippen molar-refractivity contribution in [1.82, 2.24) is 5.16 Å². The molecule has 1 atom stereocenters. The summed E-state index contributed by atoms with van der Waals surface area (Å²) in [6.07, 6.45) is -0.762. The first-order chi connectivity index (χ1) is 9.34. The molecule has 3 rings (SSSR count). The number of aliphatic hydroxyl groups excluding tert-OH is 1. The standard InChI is InChI=1S/C16H13NO2/c18-16(13-9-5-2-6-10-13)14-11-15(19-17-14)12-7-3-1-4-8-12/h1-11,16,18H. The lowest BCUT2D eigenvalue weighted by Gasteiger charge is -2.05. The van der Waals surface area contributed by atoms with Crippen LogP contribution in [0.15, 0.2) is 71.3 Å². The Kier molecular flexibility index (Phi) is 3.12. The van der Waals surface area contributed by atoms with Gasteiger partial charge in [0.25, 0.3) is 0 Å². The summed E-state index contributed by atoms with van der Waals surface area (Å²) in [6, 6.07) is 20.9. The molecule has 1 N–H and O–H groups in total. The largest absolute Gasteiger partial charge is 0.382 e. The fourth-order valence-electron chi connectivity index (χ4n) is 1.96. The molecule has 0 saturated heterocycles. The highest BCUT2D eigenvalue weighted by Crippen LogP contribution is 2.26. The smallest absolute Gasteiger partial charge is 0.167 e. The van der Waals surface area contributed by atoms with Crippen molar-refractivity contribution in [2.45, 2.75) is 6.10 Å². The third-order valence-corrected chi connectivity index (χ3v) is 2.98. The molecule has 19 heavy (non-hydrogen) atoms. The Hall–Kier alpha value is -2.39. The van der Waals surface area contributed by atoms with Crippen molar-refractivity contribution in [1.29, 1.82) is 0 Å². The summed E-state index contributed by atoms with van der Waals surface area (Å²) in [7, 11) is 0. The van der Waals surface area contributed by atoms with Gasteiger partial charge in [-0.3, -0.25) is 0 Å². The van der Waals surface area contributed by atoms with E-state index in [2.05, 4.69) is 5.16 Å². The SMILES string of the molecule is OC(c1ccccc1)c1cc(-c2ccccc2)on1. The summed E-state index contributed by atoms with van der Waals surface area (Å²) in [5.74, 6) is 0.658. The highest BCUT2D eigenvalue weighted by Gasteiger charge is 2.15. The minimum Gasteiger partial charge on any atom is -0.382 e. The van der Waals surface area contributed by atoms with Gasteiger partial charge in [0.15, 0.2) is 5.76 Å². The topological polar surface area (TPSA) is 46.3 Å². The summed E-state index contributed by atoms with van der Waals surface area (Å²) in [4.78, 5) is 0. The van der Waals surface area contributed by atoms with Gasteiger partial charge in [0.1, 0.15) is 11.8 Å². The fraction of sp³-hybridized carbons (Fsp3) is 0.0625. The van der Waals surface area contributed by atoms with Gasteiger partial charge in [0.05, 0.1) is 0 Å². The first-order valence-corrected chi connectivity index (χ1v) is 6.09. The van der Waals surface area contributed by atoms with Crippen molar-refractivity contribution in [3.63, 3.8) is 0 Å². The zero-order chi connectivity index (χ0) is 13.1. The van der Waals surface area contributed by atoms with Crippen LogP contribution in [0, 0.1) is 0 Å². The Balaban J connectivity index is 1.90. The molecule has 0 bridgehead atoms. The highest BCUT2D eigenvalue weighted by atomic mass is 16.5. The molecule has 0 aliphatic heterocycles. The van der Waals surface area contributed by atoms with E-state index in [9.17, 15) is 5.11 Å². The Morgan fingerprint density at radius 1 is 0.895 bits per heavy atom. The number of aliphatic hydroxyl groups is 1. The van der Waals surface area contributed by atoms with Gasteiger partial charge in [-0.15, -0.1) is 0 Å². The molecule has 0 fully saturated rings. The van der Waals surface area contributed by atoms with Gasteiger partial charge in [-0.05, 0) is 5.56 Å². The Morgan fingerprint density at radius 2 is 1.53 bits per heavy atom. The Morgan fingerprint density at radius 3 is 2.21 bits per heavy atom. The van der Waals surface area contributed by atoms with E-state index in [0.29, 0.717) is 11.5 Å². The van der Waals surface area contributed by atoms with Gasteiger partial charge in [0, 0.05) is 11.6 Å². The molecule has 3 heteroatoms. The minimum absolute atomic E-state index is 0.519. The number of nitrogens with zero attached hydrogens (tertiary/aromatic N) is 1. The van der Waals surface area contributed by atoms with Gasteiger partial charge in [-0.25, -0.2) is 0 Å². The van der Waals surface area contributed by atoms with Gasteiger partial charge < -0.3 is 9.63 Å². The van der Waals surface area contributed by atoms with Crippen LogP contribution < -0.4 is 0 Å². The molecule has 2 aromatic carbocycles. The van der Waals surface area contributed by atoms with Crippen LogP contribution in [-0.2, 0) is 0 Å². The van der Waals surface area contributed by atoms with Crippen molar-refractivity contribution < 1.29 is 9.63 Å². The van der Waals surface area contributed by atoms with E-state index in [0.717, 1.165) is 11.1 Å². The molecular weight excluding hydrogens is 238 g/mol. The molecule has 3 nitrogen and oxygen atoms in total. The van der Waals surface area contributed by atoms with Crippen molar-refractivity contribution >= 4 is 0 Å². The van der Waals surface area contributed by atoms with Crippen molar-refractivity contribution in [2.75, 3.05) is 0 Å². The number of hydrogen-bond acceptors (Lipinski definition) is 3. The molecule has 1 heterocycles. The first-order valence-electron chi connectivity index (χ1n) is 6.09. The summed E-state index contributed by atoms with van der Waals surface area (Å²) >= 11 is 0. The van der Waals surface area contributed by atoms with E-state index in [1.165, 1.54) is 0 Å². The quantitative estimate of drug-likeness (QED) is 0.775. The van der Waals surface area contributed by atoms with Gasteiger partial charge in [-0.1, -0.05) is 65.8 Å². The first kappa shape index (κ1) is 11.7. The molecule has 0 radical (unpaired) electrons. The van der Waals surface area contributed by atoms with Gasteiger partial charge in [-0.2, -0.15) is 0 Å². The molecule has 1 unspecified atom stereocenters. The average Bonchev–Trinajstić information content (AvgIpc) is 2.98. The van der Waals surface area contributed by atoms with Crippen LogP contribution >= 0.6 is 0 Å². The van der Waals surface area contributed by atoms with Crippen molar-refractivity contribution in [2.24, 2.45) is 0 Å². The summed E-state index contributed by atoms with van der Waals surface area (Å²) < 4.78 is 5.28. The summed E-state index contributed by atoms with van der Waals surface area (Å²) in [6.45, 7) is 0. The number of hydrogen-bond donors (Lipinski definition) is 1. The second-order valence-corrected chi connectivity index (χ2v) is 4.30. The van der Waals surface area contributed by atoms with E-state index >= 15 is 0 Å². The molecule has 1 aromatic heterocycles. The van der Waals surface area contributed by atoms with Crippen LogP contribution in [0.5, 0.6) is 0 Å². The second kappa shape index (κ2) is 5.08. The van der Waals surface area contributed by atoms with E-state index in [1.807, 2.05) is 60.7 Å². The van der Waals surface area contributed by atoms with Crippen LogP contribution in [0.1, 0.15) is 17.4 Å². The van der Waals surface area contributed by atoms with Gasteiger partial charge >= 0.3 is 0 Å². The third-order valence-electron chi connectivity index (χ3n) is 2.98. The second-order valence-electron chi connectivity index (χ2n) is 4.30. The molecule has 0 aliphatic carbocycles. The molecule has 0 spiro atoms.